The second-order valence-electron chi connectivity index (χ2n) is 6.22. The zero-order valence-corrected chi connectivity index (χ0v) is 16.1. The minimum atomic E-state index is -3.54. The summed E-state index contributed by atoms with van der Waals surface area (Å²) in [5, 5.41) is 6.16. The first kappa shape index (κ1) is 17.8. The van der Waals surface area contributed by atoms with Gasteiger partial charge in [-0.1, -0.05) is 29.8 Å². The van der Waals surface area contributed by atoms with Crippen molar-refractivity contribution in [2.24, 2.45) is 0 Å². The van der Waals surface area contributed by atoms with Gasteiger partial charge in [0.2, 0.25) is 10.0 Å². The summed E-state index contributed by atoms with van der Waals surface area (Å²) >= 11 is 1.22. The summed E-state index contributed by atoms with van der Waals surface area (Å²) in [6.07, 6.45) is 1.73. The molecule has 0 aliphatic heterocycles. The lowest BCUT2D eigenvalue weighted by molar-refractivity contribution is 0.538. The molecule has 5 nitrogen and oxygen atoms in total. The highest BCUT2D eigenvalue weighted by molar-refractivity contribution is 7.91. The van der Waals surface area contributed by atoms with E-state index in [0.29, 0.717) is 4.21 Å². The van der Waals surface area contributed by atoms with E-state index in [-0.39, 0.29) is 12.6 Å². The highest BCUT2D eigenvalue weighted by Crippen LogP contribution is 2.29. The Balaban J connectivity index is 1.79. The molecule has 0 spiro atoms. The SMILES string of the molecule is Cc1cccc(CNS(=O)(=O)c2cc(-c3ccnn3C(C)C)cs2)c1. The highest BCUT2D eigenvalue weighted by Gasteiger charge is 2.18. The number of sulfonamides is 1. The van der Waals surface area contributed by atoms with E-state index in [4.69, 9.17) is 0 Å². The third-order valence-electron chi connectivity index (χ3n) is 3.84. The van der Waals surface area contributed by atoms with E-state index in [9.17, 15) is 8.42 Å². The first-order valence-electron chi connectivity index (χ1n) is 8.04. The molecule has 0 atom stereocenters. The van der Waals surface area contributed by atoms with Crippen molar-refractivity contribution < 1.29 is 8.42 Å². The zero-order valence-electron chi connectivity index (χ0n) is 14.4. The van der Waals surface area contributed by atoms with Crippen LogP contribution < -0.4 is 4.72 Å². The first-order valence-corrected chi connectivity index (χ1v) is 10.4. The number of aryl methyl sites for hydroxylation is 1. The van der Waals surface area contributed by atoms with Crippen molar-refractivity contribution in [3.8, 4) is 11.3 Å². The quantitative estimate of drug-likeness (QED) is 0.709. The number of nitrogens with zero attached hydrogens (tertiary/aromatic N) is 2. The summed E-state index contributed by atoms with van der Waals surface area (Å²) in [6, 6.07) is 11.6. The minimum Gasteiger partial charge on any atom is -0.262 e. The molecular formula is C18H21N3O2S2. The number of aromatic nitrogens is 2. The van der Waals surface area contributed by atoms with Gasteiger partial charge in [-0.25, -0.2) is 13.1 Å². The Hall–Kier alpha value is -1.96. The van der Waals surface area contributed by atoms with Gasteiger partial charge in [0.1, 0.15) is 4.21 Å². The number of hydrogen-bond acceptors (Lipinski definition) is 4. The Morgan fingerprint density at radius 2 is 2.04 bits per heavy atom. The molecule has 0 aliphatic carbocycles. The second kappa shape index (κ2) is 7.11. The molecular weight excluding hydrogens is 354 g/mol. The molecule has 25 heavy (non-hydrogen) atoms. The molecule has 0 unspecified atom stereocenters. The molecule has 0 fully saturated rings. The first-order chi connectivity index (χ1) is 11.9. The van der Waals surface area contributed by atoms with Gasteiger partial charge in [-0.15, -0.1) is 11.3 Å². The van der Waals surface area contributed by atoms with Crippen LogP contribution in [0.1, 0.15) is 31.0 Å². The summed E-state index contributed by atoms with van der Waals surface area (Å²) in [4.78, 5) is 0. The third-order valence-corrected chi connectivity index (χ3v) is 6.69. The fourth-order valence-electron chi connectivity index (χ4n) is 2.62. The maximum atomic E-state index is 12.6. The monoisotopic (exact) mass is 375 g/mol. The summed E-state index contributed by atoms with van der Waals surface area (Å²) in [6.45, 7) is 6.36. The van der Waals surface area contributed by atoms with E-state index < -0.39 is 10.0 Å². The molecule has 0 radical (unpaired) electrons. The van der Waals surface area contributed by atoms with Crippen molar-refractivity contribution >= 4 is 21.4 Å². The number of thiophene rings is 1. The van der Waals surface area contributed by atoms with E-state index in [0.717, 1.165) is 22.4 Å². The largest absolute Gasteiger partial charge is 0.262 e. The predicted molar refractivity (Wildman–Crippen MR) is 101 cm³/mol. The van der Waals surface area contributed by atoms with E-state index in [1.54, 1.807) is 12.3 Å². The van der Waals surface area contributed by atoms with Gasteiger partial charge in [0.15, 0.2) is 0 Å². The zero-order chi connectivity index (χ0) is 18.0. The summed E-state index contributed by atoms with van der Waals surface area (Å²) in [5.41, 5.74) is 3.84. The van der Waals surface area contributed by atoms with Gasteiger partial charge in [0.25, 0.3) is 0 Å². The number of rotatable bonds is 6. The summed E-state index contributed by atoms with van der Waals surface area (Å²) in [7, 11) is -3.54. The Labute approximate surface area is 152 Å². The van der Waals surface area contributed by atoms with Crippen LogP contribution >= 0.6 is 11.3 Å². The average Bonchev–Trinajstić information content (AvgIpc) is 3.22. The minimum absolute atomic E-state index is 0.212. The van der Waals surface area contributed by atoms with Gasteiger partial charge in [-0.3, -0.25) is 4.68 Å². The second-order valence-corrected chi connectivity index (χ2v) is 9.13. The standard InChI is InChI=1S/C18H21N3O2S2/c1-13(2)21-17(7-8-19-21)16-10-18(24-12-16)25(22,23)20-11-15-6-4-5-14(3)9-15/h4-10,12-13,20H,11H2,1-3H3. The van der Waals surface area contributed by atoms with Crippen molar-refractivity contribution in [2.45, 2.75) is 37.6 Å². The summed E-state index contributed by atoms with van der Waals surface area (Å²) < 4.78 is 30.0. The Morgan fingerprint density at radius 3 is 2.76 bits per heavy atom. The van der Waals surface area contributed by atoms with Gasteiger partial charge in [0.05, 0.1) is 5.69 Å². The Kier molecular flexibility index (Phi) is 5.08. The van der Waals surface area contributed by atoms with E-state index in [1.807, 2.05) is 61.2 Å². The van der Waals surface area contributed by atoms with E-state index in [2.05, 4.69) is 9.82 Å². The highest BCUT2D eigenvalue weighted by atomic mass is 32.2. The molecule has 0 saturated heterocycles. The van der Waals surface area contributed by atoms with E-state index in [1.165, 1.54) is 11.3 Å². The maximum absolute atomic E-state index is 12.6. The molecule has 1 N–H and O–H groups in total. The van der Waals surface area contributed by atoms with Crippen LogP contribution in [0.2, 0.25) is 0 Å². The van der Waals surface area contributed by atoms with Crippen LogP contribution in [0.25, 0.3) is 11.3 Å². The lowest BCUT2D eigenvalue weighted by atomic mass is 10.1. The van der Waals surface area contributed by atoms with Crippen LogP contribution in [-0.4, -0.2) is 18.2 Å². The predicted octanol–water partition coefficient (Wildman–Crippen LogP) is 3.98. The van der Waals surface area contributed by atoms with Gasteiger partial charge >= 0.3 is 0 Å². The number of hydrogen-bond donors (Lipinski definition) is 1. The molecule has 3 aromatic rings. The Morgan fingerprint density at radius 1 is 1.24 bits per heavy atom. The third kappa shape index (κ3) is 4.00. The van der Waals surface area contributed by atoms with Crippen LogP contribution in [0.4, 0.5) is 0 Å². The van der Waals surface area contributed by atoms with Gasteiger partial charge in [-0.05, 0) is 38.5 Å². The molecule has 3 rings (SSSR count). The molecule has 7 heteroatoms. The molecule has 0 amide bonds. The molecule has 0 bridgehead atoms. The lowest BCUT2D eigenvalue weighted by Gasteiger charge is -2.09. The lowest BCUT2D eigenvalue weighted by Crippen LogP contribution is -2.22. The van der Waals surface area contributed by atoms with Crippen molar-refractivity contribution in [1.82, 2.24) is 14.5 Å². The van der Waals surface area contributed by atoms with Crippen LogP contribution in [0.5, 0.6) is 0 Å². The topological polar surface area (TPSA) is 64.0 Å². The van der Waals surface area contributed by atoms with Crippen molar-refractivity contribution in [3.05, 3.63) is 59.1 Å². The smallest absolute Gasteiger partial charge is 0.250 e. The van der Waals surface area contributed by atoms with Gasteiger partial charge < -0.3 is 0 Å². The molecule has 0 saturated carbocycles. The molecule has 2 aromatic heterocycles. The van der Waals surface area contributed by atoms with Crippen molar-refractivity contribution in [3.63, 3.8) is 0 Å². The molecule has 1 aromatic carbocycles. The normalized spacial score (nSPS) is 12.0. The summed E-state index contributed by atoms with van der Waals surface area (Å²) in [5.74, 6) is 0. The van der Waals surface area contributed by atoms with Crippen LogP contribution in [-0.2, 0) is 16.6 Å². The molecule has 0 aliphatic rings. The maximum Gasteiger partial charge on any atom is 0.250 e. The molecule has 132 valence electrons. The van der Waals surface area contributed by atoms with E-state index >= 15 is 0 Å². The van der Waals surface area contributed by atoms with Gasteiger partial charge in [-0.2, -0.15) is 5.10 Å². The number of benzene rings is 1. The fourth-order valence-corrected chi connectivity index (χ4v) is 4.85. The Bertz CT molecular complexity index is 972. The fraction of sp³-hybridized carbons (Fsp3) is 0.278. The van der Waals surface area contributed by atoms with Crippen LogP contribution in [0.15, 0.2) is 52.2 Å². The average molecular weight is 376 g/mol. The van der Waals surface area contributed by atoms with Crippen LogP contribution in [0.3, 0.4) is 0 Å². The van der Waals surface area contributed by atoms with Gasteiger partial charge in [0, 0.05) is 29.7 Å². The van der Waals surface area contributed by atoms with Crippen molar-refractivity contribution in [2.75, 3.05) is 0 Å². The number of nitrogens with one attached hydrogen (secondary N) is 1. The van der Waals surface area contributed by atoms with Crippen molar-refractivity contribution in [1.29, 1.82) is 0 Å². The molecule has 2 heterocycles. The van der Waals surface area contributed by atoms with Crippen LogP contribution in [0, 0.1) is 6.92 Å².